The van der Waals surface area contributed by atoms with Gasteiger partial charge in [0.05, 0.1) is 18.4 Å². The van der Waals surface area contributed by atoms with Crippen LogP contribution in [0.2, 0.25) is 0 Å². The van der Waals surface area contributed by atoms with Gasteiger partial charge in [0.1, 0.15) is 5.82 Å². The Morgan fingerprint density at radius 3 is 2.76 bits per heavy atom. The second-order valence-electron chi connectivity index (χ2n) is 5.53. The fourth-order valence-corrected chi connectivity index (χ4v) is 2.33. The number of nitrogens with zero attached hydrogens (tertiary/aromatic N) is 2. The molecule has 2 rings (SSSR count). The average Bonchev–Trinajstić information content (AvgIpc) is 2.46. The minimum absolute atomic E-state index is 0.263. The van der Waals surface area contributed by atoms with E-state index in [1.165, 1.54) is 10.8 Å². The van der Waals surface area contributed by atoms with Gasteiger partial charge in [-0.1, -0.05) is 24.3 Å². The van der Waals surface area contributed by atoms with Crippen molar-refractivity contribution in [2.24, 2.45) is 0 Å². The van der Waals surface area contributed by atoms with Crippen LogP contribution in [0.15, 0.2) is 30.3 Å². The first kappa shape index (κ1) is 15.7. The Kier molecular flexibility index (Phi) is 5.53. The number of aromatic nitrogens is 1. The minimum Gasteiger partial charge on any atom is -0.377 e. The molecule has 0 saturated heterocycles. The van der Waals surface area contributed by atoms with Gasteiger partial charge in [-0.05, 0) is 32.3 Å². The maximum absolute atomic E-state index is 5.64. The first-order chi connectivity index (χ1) is 10.1. The molecule has 0 spiro atoms. The lowest BCUT2D eigenvalue weighted by Crippen LogP contribution is -2.25. The van der Waals surface area contributed by atoms with Crippen LogP contribution in [0.25, 0.3) is 10.8 Å². The van der Waals surface area contributed by atoms with Crippen LogP contribution < -0.4 is 10.2 Å². The maximum Gasteiger partial charge on any atom is 0.136 e. The summed E-state index contributed by atoms with van der Waals surface area (Å²) >= 11 is 0. The van der Waals surface area contributed by atoms with Crippen molar-refractivity contribution in [2.75, 3.05) is 32.1 Å². The van der Waals surface area contributed by atoms with E-state index in [1.54, 1.807) is 0 Å². The molecule has 0 unspecified atom stereocenters. The number of nitrogens with one attached hydrogen (secondary N) is 1. The fraction of sp³-hybridized carbons (Fsp3) is 0.471. The number of likely N-dealkylation sites (N-methyl/N-ethyl adjacent to an activating group) is 1. The van der Waals surface area contributed by atoms with E-state index in [0.29, 0.717) is 6.61 Å². The van der Waals surface area contributed by atoms with Crippen molar-refractivity contribution in [1.82, 2.24) is 10.3 Å². The summed E-state index contributed by atoms with van der Waals surface area (Å²) in [4.78, 5) is 6.97. The number of hydrogen-bond acceptors (Lipinski definition) is 4. The smallest absolute Gasteiger partial charge is 0.136 e. The molecule has 4 heteroatoms. The molecular formula is C17H25N3O. The summed E-state index contributed by atoms with van der Waals surface area (Å²) in [5, 5.41) is 5.58. The molecule has 1 aromatic carbocycles. The van der Waals surface area contributed by atoms with Gasteiger partial charge in [-0.3, -0.25) is 0 Å². The molecule has 0 saturated carbocycles. The highest BCUT2D eigenvalue weighted by molar-refractivity contribution is 5.92. The van der Waals surface area contributed by atoms with Crippen LogP contribution in [0.1, 0.15) is 19.5 Å². The Morgan fingerprint density at radius 2 is 2.05 bits per heavy atom. The molecule has 114 valence electrons. The first-order valence-electron chi connectivity index (χ1n) is 7.48. The van der Waals surface area contributed by atoms with E-state index in [1.807, 2.05) is 7.05 Å². The number of hydrogen-bond donors (Lipinski definition) is 1. The number of anilines is 1. The molecule has 1 N–H and O–H groups in total. The Morgan fingerprint density at radius 1 is 1.29 bits per heavy atom. The summed E-state index contributed by atoms with van der Waals surface area (Å²) in [6, 6.07) is 10.5. The molecule has 0 aliphatic carbocycles. The van der Waals surface area contributed by atoms with Gasteiger partial charge in [0.25, 0.3) is 0 Å². The zero-order chi connectivity index (χ0) is 15.2. The third-order valence-electron chi connectivity index (χ3n) is 3.37. The molecule has 0 amide bonds. The van der Waals surface area contributed by atoms with E-state index in [4.69, 9.17) is 9.72 Å². The van der Waals surface area contributed by atoms with Crippen molar-refractivity contribution < 1.29 is 4.74 Å². The lowest BCUT2D eigenvalue weighted by Gasteiger charge is -2.21. The average molecular weight is 287 g/mol. The standard InChI is InChI=1S/C17H25N3O/c1-13(2)21-10-9-20(4)17-16-8-6-5-7-14(16)11-15(19-17)12-18-3/h5-8,11,13,18H,9-10,12H2,1-4H3. The van der Waals surface area contributed by atoms with E-state index >= 15 is 0 Å². The van der Waals surface area contributed by atoms with Crippen LogP contribution in [-0.2, 0) is 11.3 Å². The summed E-state index contributed by atoms with van der Waals surface area (Å²) in [5.41, 5.74) is 1.06. The molecule has 1 heterocycles. The molecule has 0 fully saturated rings. The molecule has 0 aliphatic rings. The quantitative estimate of drug-likeness (QED) is 0.849. The van der Waals surface area contributed by atoms with E-state index in [9.17, 15) is 0 Å². The Labute approximate surface area is 127 Å². The second-order valence-corrected chi connectivity index (χ2v) is 5.53. The van der Waals surface area contributed by atoms with Gasteiger partial charge in [-0.2, -0.15) is 0 Å². The van der Waals surface area contributed by atoms with Crippen molar-refractivity contribution in [3.8, 4) is 0 Å². The van der Waals surface area contributed by atoms with Crippen molar-refractivity contribution in [2.45, 2.75) is 26.5 Å². The second kappa shape index (κ2) is 7.38. The van der Waals surface area contributed by atoms with Gasteiger partial charge in [-0.25, -0.2) is 4.98 Å². The largest absolute Gasteiger partial charge is 0.377 e. The van der Waals surface area contributed by atoms with E-state index < -0.39 is 0 Å². The summed E-state index contributed by atoms with van der Waals surface area (Å²) in [6.07, 6.45) is 0.263. The van der Waals surface area contributed by atoms with Crippen molar-refractivity contribution >= 4 is 16.6 Å². The monoisotopic (exact) mass is 287 g/mol. The van der Waals surface area contributed by atoms with Crippen LogP contribution in [-0.4, -0.2) is 38.3 Å². The predicted octanol–water partition coefficient (Wildman–Crippen LogP) is 2.82. The molecule has 1 aromatic heterocycles. The molecule has 21 heavy (non-hydrogen) atoms. The summed E-state index contributed by atoms with van der Waals surface area (Å²) in [5.74, 6) is 1.02. The normalized spacial score (nSPS) is 11.3. The van der Waals surface area contributed by atoms with Crippen LogP contribution >= 0.6 is 0 Å². The molecule has 0 atom stereocenters. The van der Waals surface area contributed by atoms with Crippen molar-refractivity contribution in [3.05, 3.63) is 36.0 Å². The SMILES string of the molecule is CNCc1cc2ccccc2c(N(C)CCOC(C)C)n1. The fourth-order valence-electron chi connectivity index (χ4n) is 2.33. The van der Waals surface area contributed by atoms with E-state index in [-0.39, 0.29) is 6.10 Å². The minimum atomic E-state index is 0.263. The highest BCUT2D eigenvalue weighted by Gasteiger charge is 2.10. The van der Waals surface area contributed by atoms with Crippen LogP contribution in [0.5, 0.6) is 0 Å². The third-order valence-corrected chi connectivity index (χ3v) is 3.37. The Bertz CT molecular complexity index is 583. The van der Waals surface area contributed by atoms with Crippen LogP contribution in [0, 0.1) is 0 Å². The summed E-state index contributed by atoms with van der Waals surface area (Å²) in [7, 11) is 4.01. The van der Waals surface area contributed by atoms with E-state index in [2.05, 4.69) is 61.4 Å². The number of rotatable bonds is 7. The van der Waals surface area contributed by atoms with Crippen molar-refractivity contribution in [3.63, 3.8) is 0 Å². The number of ether oxygens (including phenoxy) is 1. The summed E-state index contributed by atoms with van der Waals surface area (Å²) < 4.78 is 5.64. The van der Waals surface area contributed by atoms with Gasteiger partial charge < -0.3 is 15.0 Å². The molecule has 2 aromatic rings. The Hall–Kier alpha value is -1.65. The molecule has 0 aliphatic heterocycles. The van der Waals surface area contributed by atoms with Crippen LogP contribution in [0.3, 0.4) is 0 Å². The van der Waals surface area contributed by atoms with Gasteiger partial charge in [-0.15, -0.1) is 0 Å². The predicted molar refractivity (Wildman–Crippen MR) is 88.9 cm³/mol. The van der Waals surface area contributed by atoms with Gasteiger partial charge >= 0.3 is 0 Å². The highest BCUT2D eigenvalue weighted by Crippen LogP contribution is 2.25. The van der Waals surface area contributed by atoms with Crippen molar-refractivity contribution in [1.29, 1.82) is 0 Å². The van der Waals surface area contributed by atoms with Gasteiger partial charge in [0.2, 0.25) is 0 Å². The first-order valence-corrected chi connectivity index (χ1v) is 7.48. The molecule has 0 bridgehead atoms. The van der Waals surface area contributed by atoms with Crippen LogP contribution in [0.4, 0.5) is 5.82 Å². The lowest BCUT2D eigenvalue weighted by molar-refractivity contribution is 0.0845. The molecule has 4 nitrogen and oxygen atoms in total. The molecule has 0 radical (unpaired) electrons. The van der Waals surface area contributed by atoms with Gasteiger partial charge in [0, 0.05) is 25.5 Å². The maximum atomic E-state index is 5.64. The topological polar surface area (TPSA) is 37.4 Å². The Balaban J connectivity index is 2.27. The lowest BCUT2D eigenvalue weighted by atomic mass is 10.1. The number of fused-ring (bicyclic) bond motifs is 1. The molecular weight excluding hydrogens is 262 g/mol. The number of pyridine rings is 1. The zero-order valence-corrected chi connectivity index (χ0v) is 13.4. The number of benzene rings is 1. The van der Waals surface area contributed by atoms with E-state index in [0.717, 1.165) is 24.6 Å². The highest BCUT2D eigenvalue weighted by atomic mass is 16.5. The third kappa shape index (κ3) is 4.16. The zero-order valence-electron chi connectivity index (χ0n) is 13.4. The summed E-state index contributed by atoms with van der Waals surface area (Å²) in [6.45, 7) is 6.43. The van der Waals surface area contributed by atoms with Gasteiger partial charge in [0.15, 0.2) is 0 Å².